The molecule has 0 N–H and O–H groups in total. The summed E-state index contributed by atoms with van der Waals surface area (Å²) in [5.41, 5.74) is 2.80. The number of hydrogen-bond acceptors (Lipinski definition) is 2. The lowest BCUT2D eigenvalue weighted by atomic mass is 9.89. The summed E-state index contributed by atoms with van der Waals surface area (Å²) in [7, 11) is 4.28. The summed E-state index contributed by atoms with van der Waals surface area (Å²) >= 11 is 0. The zero-order chi connectivity index (χ0) is 16.7. The first kappa shape index (κ1) is 17.6. The molecule has 0 heterocycles. The third-order valence-corrected chi connectivity index (χ3v) is 3.97. The molecule has 2 heteroatoms. The molecule has 0 aromatic heterocycles. The fourth-order valence-corrected chi connectivity index (χ4v) is 2.79. The first-order valence-electron chi connectivity index (χ1n) is 8.50. The van der Waals surface area contributed by atoms with Crippen LogP contribution < -0.4 is 4.74 Å². The highest BCUT2D eigenvalue weighted by Gasteiger charge is 2.13. The molecule has 0 saturated carbocycles. The third-order valence-electron chi connectivity index (χ3n) is 3.97. The Morgan fingerprint density at radius 2 is 1.57 bits per heavy atom. The minimum absolute atomic E-state index is 0.220. The van der Waals surface area contributed by atoms with Crippen molar-refractivity contribution in [2.24, 2.45) is 0 Å². The van der Waals surface area contributed by atoms with Gasteiger partial charge in [0.1, 0.15) is 5.75 Å². The molecule has 2 nitrogen and oxygen atoms in total. The first-order chi connectivity index (χ1) is 11.0. The number of hydrogen-bond donors (Lipinski definition) is 0. The molecular formula is C21H29NO. The standard InChI is InChI=1S/C21H29NO/c1-17(2)23-21-12-10-18(11-13-21)16-20(14-15-22(3)4)19-8-6-5-7-9-19/h5-13,17,20H,14-16H2,1-4H3. The third kappa shape index (κ3) is 6.07. The van der Waals surface area contributed by atoms with Gasteiger partial charge >= 0.3 is 0 Å². The van der Waals surface area contributed by atoms with Crippen molar-refractivity contribution < 1.29 is 4.74 Å². The minimum Gasteiger partial charge on any atom is -0.491 e. The predicted octanol–water partition coefficient (Wildman–Crippen LogP) is 4.75. The van der Waals surface area contributed by atoms with Crippen LogP contribution in [-0.2, 0) is 6.42 Å². The van der Waals surface area contributed by atoms with Crippen molar-refractivity contribution in [3.8, 4) is 5.75 Å². The Bertz CT molecular complexity index is 560. The molecule has 1 atom stereocenters. The Morgan fingerprint density at radius 1 is 0.913 bits per heavy atom. The lowest BCUT2D eigenvalue weighted by molar-refractivity contribution is 0.242. The summed E-state index contributed by atoms with van der Waals surface area (Å²) in [5.74, 6) is 1.50. The van der Waals surface area contributed by atoms with Crippen LogP contribution in [0.1, 0.15) is 37.3 Å². The van der Waals surface area contributed by atoms with Gasteiger partial charge in [0.15, 0.2) is 0 Å². The average Bonchev–Trinajstić information content (AvgIpc) is 2.53. The summed E-state index contributed by atoms with van der Waals surface area (Å²) in [4.78, 5) is 2.26. The van der Waals surface area contributed by atoms with Crippen LogP contribution in [0.3, 0.4) is 0 Å². The van der Waals surface area contributed by atoms with Crippen LogP contribution in [0.2, 0.25) is 0 Å². The van der Waals surface area contributed by atoms with Gasteiger partial charge in [0.2, 0.25) is 0 Å². The van der Waals surface area contributed by atoms with Crippen LogP contribution in [-0.4, -0.2) is 31.6 Å². The Kier molecular flexibility index (Phi) is 6.66. The van der Waals surface area contributed by atoms with E-state index in [-0.39, 0.29) is 6.10 Å². The lowest BCUT2D eigenvalue weighted by Crippen LogP contribution is -2.17. The highest BCUT2D eigenvalue weighted by atomic mass is 16.5. The van der Waals surface area contributed by atoms with E-state index in [0.717, 1.165) is 18.7 Å². The van der Waals surface area contributed by atoms with E-state index in [1.807, 2.05) is 0 Å². The average molecular weight is 311 g/mol. The van der Waals surface area contributed by atoms with Gasteiger partial charge in [0, 0.05) is 0 Å². The van der Waals surface area contributed by atoms with E-state index < -0.39 is 0 Å². The van der Waals surface area contributed by atoms with E-state index in [2.05, 4.69) is 87.4 Å². The van der Waals surface area contributed by atoms with E-state index in [0.29, 0.717) is 5.92 Å². The van der Waals surface area contributed by atoms with Crippen molar-refractivity contribution in [3.05, 3.63) is 65.7 Å². The number of rotatable bonds is 8. The molecule has 0 aliphatic carbocycles. The summed E-state index contributed by atoms with van der Waals surface area (Å²) in [5, 5.41) is 0. The SMILES string of the molecule is CC(C)Oc1ccc(CC(CCN(C)C)c2ccccc2)cc1. The van der Waals surface area contributed by atoms with Crippen LogP contribution in [0.25, 0.3) is 0 Å². The zero-order valence-corrected chi connectivity index (χ0v) is 14.8. The maximum atomic E-state index is 5.73. The molecule has 2 rings (SSSR count). The summed E-state index contributed by atoms with van der Waals surface area (Å²) < 4.78 is 5.73. The van der Waals surface area contributed by atoms with Crippen LogP contribution in [0.15, 0.2) is 54.6 Å². The quantitative estimate of drug-likeness (QED) is 0.697. The molecule has 0 saturated heterocycles. The van der Waals surface area contributed by atoms with Crippen LogP contribution >= 0.6 is 0 Å². The van der Waals surface area contributed by atoms with E-state index in [1.54, 1.807) is 0 Å². The molecule has 2 aromatic carbocycles. The van der Waals surface area contributed by atoms with Crippen molar-refractivity contribution in [3.63, 3.8) is 0 Å². The molecule has 0 bridgehead atoms. The van der Waals surface area contributed by atoms with Gasteiger partial charge in [-0.2, -0.15) is 0 Å². The minimum atomic E-state index is 0.220. The Labute approximate surface area is 141 Å². The molecule has 0 aliphatic rings. The Hall–Kier alpha value is -1.80. The molecule has 2 aromatic rings. The van der Waals surface area contributed by atoms with Gasteiger partial charge < -0.3 is 9.64 Å². The van der Waals surface area contributed by atoms with Crippen molar-refractivity contribution in [1.29, 1.82) is 0 Å². The molecule has 0 aliphatic heterocycles. The van der Waals surface area contributed by atoms with Gasteiger partial charge in [0.05, 0.1) is 6.10 Å². The molecule has 0 radical (unpaired) electrons. The van der Waals surface area contributed by atoms with Gasteiger partial charge in [-0.3, -0.25) is 0 Å². The second-order valence-electron chi connectivity index (χ2n) is 6.71. The first-order valence-corrected chi connectivity index (χ1v) is 8.50. The number of nitrogens with zero attached hydrogens (tertiary/aromatic N) is 1. The summed E-state index contributed by atoms with van der Waals surface area (Å²) in [6.45, 7) is 5.22. The molecule has 124 valence electrons. The summed E-state index contributed by atoms with van der Waals surface area (Å²) in [6, 6.07) is 19.4. The molecule has 0 amide bonds. The van der Waals surface area contributed by atoms with E-state index in [4.69, 9.17) is 4.74 Å². The maximum Gasteiger partial charge on any atom is 0.119 e. The highest BCUT2D eigenvalue weighted by Crippen LogP contribution is 2.25. The van der Waals surface area contributed by atoms with E-state index in [9.17, 15) is 0 Å². The molecule has 23 heavy (non-hydrogen) atoms. The molecule has 1 unspecified atom stereocenters. The lowest BCUT2D eigenvalue weighted by Gasteiger charge is -2.20. The predicted molar refractivity (Wildman–Crippen MR) is 98.3 cm³/mol. The Morgan fingerprint density at radius 3 is 2.13 bits per heavy atom. The number of ether oxygens (including phenoxy) is 1. The second kappa shape index (κ2) is 8.73. The fraction of sp³-hybridized carbons (Fsp3) is 0.429. The van der Waals surface area contributed by atoms with Crippen molar-refractivity contribution >= 4 is 0 Å². The monoisotopic (exact) mass is 311 g/mol. The fourth-order valence-electron chi connectivity index (χ4n) is 2.79. The van der Waals surface area contributed by atoms with Crippen molar-refractivity contribution in [2.75, 3.05) is 20.6 Å². The zero-order valence-electron chi connectivity index (χ0n) is 14.8. The Balaban J connectivity index is 2.07. The normalized spacial score (nSPS) is 12.6. The van der Waals surface area contributed by atoms with Gasteiger partial charge in [-0.05, 0) is 76.5 Å². The van der Waals surface area contributed by atoms with Crippen molar-refractivity contribution in [2.45, 2.75) is 38.7 Å². The van der Waals surface area contributed by atoms with Gasteiger partial charge in [0.25, 0.3) is 0 Å². The van der Waals surface area contributed by atoms with Gasteiger partial charge in [-0.15, -0.1) is 0 Å². The van der Waals surface area contributed by atoms with E-state index >= 15 is 0 Å². The van der Waals surface area contributed by atoms with Crippen LogP contribution in [0.4, 0.5) is 0 Å². The second-order valence-corrected chi connectivity index (χ2v) is 6.71. The highest BCUT2D eigenvalue weighted by molar-refractivity contribution is 5.30. The summed E-state index contributed by atoms with van der Waals surface area (Å²) in [6.07, 6.45) is 2.46. The number of benzene rings is 2. The van der Waals surface area contributed by atoms with Crippen LogP contribution in [0, 0.1) is 0 Å². The molecule has 0 spiro atoms. The van der Waals surface area contributed by atoms with E-state index in [1.165, 1.54) is 17.5 Å². The molecule has 0 fully saturated rings. The van der Waals surface area contributed by atoms with Crippen LogP contribution in [0.5, 0.6) is 5.75 Å². The van der Waals surface area contributed by atoms with Crippen molar-refractivity contribution in [1.82, 2.24) is 4.90 Å². The smallest absolute Gasteiger partial charge is 0.119 e. The topological polar surface area (TPSA) is 12.5 Å². The van der Waals surface area contributed by atoms with Gasteiger partial charge in [-0.25, -0.2) is 0 Å². The maximum absolute atomic E-state index is 5.73. The van der Waals surface area contributed by atoms with Gasteiger partial charge in [-0.1, -0.05) is 42.5 Å². The largest absolute Gasteiger partial charge is 0.491 e. The molecular weight excluding hydrogens is 282 g/mol.